The summed E-state index contributed by atoms with van der Waals surface area (Å²) in [6.45, 7) is 2.02. The lowest BCUT2D eigenvalue weighted by molar-refractivity contribution is -0.141. The van der Waals surface area contributed by atoms with Crippen LogP contribution in [-0.4, -0.2) is 23.5 Å². The van der Waals surface area contributed by atoms with Crippen LogP contribution >= 0.6 is 0 Å². The molecule has 0 fully saturated rings. The number of carbonyl (C=O) groups is 2. The molecule has 2 N–H and O–H groups in total. The first-order valence-electron chi connectivity index (χ1n) is 6.21. The fraction of sp³-hybridized carbons (Fsp3) is 0.429. The Bertz CT molecular complexity index is 470. The highest BCUT2D eigenvalue weighted by Crippen LogP contribution is 2.34. The molecule has 2 unspecified atom stereocenters. The molecule has 4 heteroatoms. The monoisotopic (exact) mass is 247 g/mol. The fourth-order valence-corrected chi connectivity index (χ4v) is 2.25. The van der Waals surface area contributed by atoms with Crippen molar-refractivity contribution >= 4 is 11.9 Å². The van der Waals surface area contributed by atoms with Crippen molar-refractivity contribution in [2.75, 3.05) is 6.54 Å². The molecule has 0 heterocycles. The summed E-state index contributed by atoms with van der Waals surface area (Å²) < 4.78 is 0. The van der Waals surface area contributed by atoms with Crippen LogP contribution in [0.3, 0.4) is 0 Å². The Kier molecular flexibility index (Phi) is 3.65. The van der Waals surface area contributed by atoms with Gasteiger partial charge in [0.05, 0.1) is 11.8 Å². The summed E-state index contributed by atoms with van der Waals surface area (Å²) in [6, 6.07) is 7.86. The molecule has 1 amide bonds. The zero-order valence-electron chi connectivity index (χ0n) is 10.3. The van der Waals surface area contributed by atoms with Crippen LogP contribution in [0, 0.1) is 5.92 Å². The van der Waals surface area contributed by atoms with Crippen molar-refractivity contribution in [3.63, 3.8) is 0 Å². The minimum atomic E-state index is -0.855. The molecule has 0 radical (unpaired) electrons. The molecule has 2 rings (SSSR count). The van der Waals surface area contributed by atoms with E-state index in [0.29, 0.717) is 6.42 Å². The highest BCUT2D eigenvalue weighted by molar-refractivity contribution is 5.87. The van der Waals surface area contributed by atoms with Crippen molar-refractivity contribution in [1.29, 1.82) is 0 Å². The number of aliphatic carboxylic acids is 1. The van der Waals surface area contributed by atoms with Gasteiger partial charge in [-0.1, -0.05) is 31.2 Å². The maximum absolute atomic E-state index is 11.9. The van der Waals surface area contributed by atoms with E-state index in [4.69, 9.17) is 5.11 Å². The van der Waals surface area contributed by atoms with Gasteiger partial charge in [0.2, 0.25) is 5.91 Å². The van der Waals surface area contributed by atoms with Gasteiger partial charge in [0.25, 0.3) is 0 Å². The van der Waals surface area contributed by atoms with E-state index in [1.54, 1.807) is 0 Å². The lowest BCUT2D eigenvalue weighted by Crippen LogP contribution is -2.39. The molecule has 1 aromatic rings. The molecular formula is C14H17NO3. The van der Waals surface area contributed by atoms with Gasteiger partial charge in [0.1, 0.15) is 0 Å². The van der Waals surface area contributed by atoms with Crippen molar-refractivity contribution in [3.8, 4) is 0 Å². The standard InChI is InChI=1S/C14H17NO3/c1-2-9(14(17)18)8-15-13(16)12-7-10-5-3-4-6-11(10)12/h3-6,9,12H,2,7-8H2,1H3,(H,15,16)(H,17,18). The highest BCUT2D eigenvalue weighted by Gasteiger charge is 2.31. The summed E-state index contributed by atoms with van der Waals surface area (Å²) in [5, 5.41) is 11.6. The van der Waals surface area contributed by atoms with Gasteiger partial charge in [-0.2, -0.15) is 0 Å². The molecular weight excluding hydrogens is 230 g/mol. The lowest BCUT2D eigenvalue weighted by atomic mass is 9.77. The molecule has 96 valence electrons. The molecule has 1 aromatic carbocycles. The number of carbonyl (C=O) groups excluding carboxylic acids is 1. The Morgan fingerprint density at radius 2 is 2.17 bits per heavy atom. The summed E-state index contributed by atoms with van der Waals surface area (Å²) in [5.74, 6) is -1.52. The summed E-state index contributed by atoms with van der Waals surface area (Å²) in [5.41, 5.74) is 2.28. The van der Waals surface area contributed by atoms with Crippen LogP contribution in [0.25, 0.3) is 0 Å². The van der Waals surface area contributed by atoms with Gasteiger partial charge in [-0.3, -0.25) is 9.59 Å². The van der Waals surface area contributed by atoms with Crippen molar-refractivity contribution in [3.05, 3.63) is 35.4 Å². The van der Waals surface area contributed by atoms with E-state index >= 15 is 0 Å². The fourth-order valence-electron chi connectivity index (χ4n) is 2.25. The number of carboxylic acids is 1. The number of carboxylic acid groups (broad SMARTS) is 1. The SMILES string of the molecule is CCC(CNC(=O)C1Cc2ccccc21)C(=O)O. The van der Waals surface area contributed by atoms with Gasteiger partial charge in [-0.25, -0.2) is 0 Å². The first-order chi connectivity index (χ1) is 8.63. The number of hydrogen-bond acceptors (Lipinski definition) is 2. The molecule has 1 aliphatic carbocycles. The number of rotatable bonds is 5. The van der Waals surface area contributed by atoms with Gasteiger partial charge in [-0.05, 0) is 24.0 Å². The van der Waals surface area contributed by atoms with E-state index in [9.17, 15) is 9.59 Å². The van der Waals surface area contributed by atoms with Crippen LogP contribution in [-0.2, 0) is 16.0 Å². The average molecular weight is 247 g/mol. The van der Waals surface area contributed by atoms with E-state index in [2.05, 4.69) is 5.32 Å². The van der Waals surface area contributed by atoms with Crippen LogP contribution in [0.4, 0.5) is 0 Å². The van der Waals surface area contributed by atoms with Crippen LogP contribution in [0.1, 0.15) is 30.4 Å². The largest absolute Gasteiger partial charge is 0.481 e. The number of fused-ring (bicyclic) bond motifs is 1. The van der Waals surface area contributed by atoms with Crippen LogP contribution < -0.4 is 5.32 Å². The number of benzene rings is 1. The van der Waals surface area contributed by atoms with Gasteiger partial charge in [0.15, 0.2) is 0 Å². The molecule has 0 aliphatic heterocycles. The van der Waals surface area contributed by atoms with Gasteiger partial charge in [-0.15, -0.1) is 0 Å². The Labute approximate surface area is 106 Å². The van der Waals surface area contributed by atoms with Gasteiger partial charge in [0, 0.05) is 6.54 Å². The molecule has 1 aliphatic rings. The molecule has 2 atom stereocenters. The number of amides is 1. The molecule has 18 heavy (non-hydrogen) atoms. The third-order valence-electron chi connectivity index (χ3n) is 3.54. The van der Waals surface area contributed by atoms with Gasteiger partial charge < -0.3 is 10.4 Å². The Morgan fingerprint density at radius 1 is 1.44 bits per heavy atom. The highest BCUT2D eigenvalue weighted by atomic mass is 16.4. The number of nitrogens with one attached hydrogen (secondary N) is 1. The van der Waals surface area contributed by atoms with Gasteiger partial charge >= 0.3 is 5.97 Å². The van der Waals surface area contributed by atoms with E-state index in [1.165, 1.54) is 5.56 Å². The zero-order valence-corrected chi connectivity index (χ0v) is 10.3. The second-order valence-corrected chi connectivity index (χ2v) is 4.64. The first kappa shape index (κ1) is 12.6. The third-order valence-corrected chi connectivity index (χ3v) is 3.54. The van der Waals surface area contributed by atoms with Crippen molar-refractivity contribution in [2.24, 2.45) is 5.92 Å². The topological polar surface area (TPSA) is 66.4 Å². The van der Waals surface area contributed by atoms with E-state index in [-0.39, 0.29) is 18.4 Å². The smallest absolute Gasteiger partial charge is 0.308 e. The molecule has 0 bridgehead atoms. The average Bonchev–Trinajstić information content (AvgIpc) is 2.31. The quantitative estimate of drug-likeness (QED) is 0.829. The summed E-state index contributed by atoms with van der Waals surface area (Å²) >= 11 is 0. The second kappa shape index (κ2) is 5.21. The van der Waals surface area contributed by atoms with Crippen LogP contribution in [0.2, 0.25) is 0 Å². The minimum Gasteiger partial charge on any atom is -0.481 e. The predicted molar refractivity (Wildman–Crippen MR) is 67.3 cm³/mol. The summed E-state index contributed by atoms with van der Waals surface area (Å²) in [7, 11) is 0. The van der Waals surface area contributed by atoms with E-state index < -0.39 is 11.9 Å². The Morgan fingerprint density at radius 3 is 2.78 bits per heavy atom. The summed E-state index contributed by atoms with van der Waals surface area (Å²) in [4.78, 5) is 22.8. The Hall–Kier alpha value is -1.84. The molecule has 0 saturated carbocycles. The predicted octanol–water partition coefficient (Wildman–Crippen LogP) is 1.55. The zero-order chi connectivity index (χ0) is 13.1. The van der Waals surface area contributed by atoms with E-state index in [0.717, 1.165) is 12.0 Å². The summed E-state index contributed by atoms with van der Waals surface area (Å²) in [6.07, 6.45) is 1.28. The van der Waals surface area contributed by atoms with Crippen LogP contribution in [0.15, 0.2) is 24.3 Å². The van der Waals surface area contributed by atoms with Crippen molar-refractivity contribution < 1.29 is 14.7 Å². The molecule has 0 spiro atoms. The third kappa shape index (κ3) is 2.37. The van der Waals surface area contributed by atoms with Crippen molar-refractivity contribution in [1.82, 2.24) is 5.32 Å². The number of hydrogen-bond donors (Lipinski definition) is 2. The lowest BCUT2D eigenvalue weighted by Gasteiger charge is -2.29. The minimum absolute atomic E-state index is 0.0617. The first-order valence-corrected chi connectivity index (χ1v) is 6.21. The second-order valence-electron chi connectivity index (χ2n) is 4.64. The molecule has 4 nitrogen and oxygen atoms in total. The van der Waals surface area contributed by atoms with Crippen LogP contribution in [0.5, 0.6) is 0 Å². The molecule has 0 aromatic heterocycles. The molecule has 0 saturated heterocycles. The van der Waals surface area contributed by atoms with Crippen molar-refractivity contribution in [2.45, 2.75) is 25.7 Å². The Balaban J connectivity index is 1.89. The normalized spacial score (nSPS) is 18.4. The maximum atomic E-state index is 11.9. The van der Waals surface area contributed by atoms with E-state index in [1.807, 2.05) is 31.2 Å². The maximum Gasteiger partial charge on any atom is 0.308 e.